The van der Waals surface area contributed by atoms with Gasteiger partial charge in [-0.25, -0.2) is 0 Å². The molecule has 1 unspecified atom stereocenters. The molecule has 4 nitrogen and oxygen atoms in total. The maximum absolute atomic E-state index is 12.3. The summed E-state index contributed by atoms with van der Waals surface area (Å²) < 4.78 is 0. The van der Waals surface area contributed by atoms with Gasteiger partial charge in [0.2, 0.25) is 5.91 Å². The lowest BCUT2D eigenvalue weighted by atomic mass is 9.91. The predicted molar refractivity (Wildman–Crippen MR) is 91.6 cm³/mol. The van der Waals surface area contributed by atoms with Gasteiger partial charge in [-0.05, 0) is 42.4 Å². The molecule has 1 atom stereocenters. The zero-order chi connectivity index (χ0) is 16.4. The zero-order valence-corrected chi connectivity index (χ0v) is 14.4. The molecule has 1 aromatic rings. The molecule has 1 aliphatic heterocycles. The summed E-state index contributed by atoms with van der Waals surface area (Å²) in [6.45, 7) is 1.40. The number of carboxylic acid groups (broad SMARTS) is 1. The van der Waals surface area contributed by atoms with Gasteiger partial charge in [-0.15, -0.1) is 11.8 Å². The van der Waals surface area contributed by atoms with Crippen molar-refractivity contribution >= 4 is 35.2 Å². The molecule has 1 aliphatic carbocycles. The van der Waals surface area contributed by atoms with E-state index in [1.165, 1.54) is 0 Å². The monoisotopic (exact) mass is 353 g/mol. The van der Waals surface area contributed by atoms with Crippen LogP contribution in [0.2, 0.25) is 5.02 Å². The lowest BCUT2D eigenvalue weighted by Crippen LogP contribution is -2.40. The molecule has 6 heteroatoms. The Morgan fingerprint density at radius 1 is 1.26 bits per heavy atom. The molecule has 3 rings (SSSR count). The van der Waals surface area contributed by atoms with Crippen LogP contribution in [-0.4, -0.2) is 40.7 Å². The van der Waals surface area contributed by atoms with Gasteiger partial charge in [0.15, 0.2) is 0 Å². The van der Waals surface area contributed by atoms with Crippen molar-refractivity contribution in [3.05, 3.63) is 34.9 Å². The fourth-order valence-corrected chi connectivity index (χ4v) is 4.39. The molecule has 0 bridgehead atoms. The van der Waals surface area contributed by atoms with Gasteiger partial charge in [0.05, 0.1) is 11.7 Å². The molecular formula is C17H20ClNO3S. The second kappa shape index (κ2) is 6.73. The van der Waals surface area contributed by atoms with Gasteiger partial charge in [0.25, 0.3) is 0 Å². The van der Waals surface area contributed by atoms with E-state index in [1.54, 1.807) is 11.8 Å². The summed E-state index contributed by atoms with van der Waals surface area (Å²) in [7, 11) is 0. The summed E-state index contributed by atoms with van der Waals surface area (Å²) in [5, 5.41) is 9.81. The molecule has 23 heavy (non-hydrogen) atoms. The molecule has 124 valence electrons. The molecular weight excluding hydrogens is 334 g/mol. The minimum Gasteiger partial charge on any atom is -0.481 e. The molecule has 1 amide bonds. The minimum atomic E-state index is -0.678. The van der Waals surface area contributed by atoms with Crippen molar-refractivity contribution in [2.24, 2.45) is 11.3 Å². The molecule has 0 aromatic heterocycles. The number of aliphatic carboxylic acids is 1. The number of hydrogen-bond donors (Lipinski definition) is 1. The van der Waals surface area contributed by atoms with E-state index in [2.05, 4.69) is 0 Å². The Labute approximate surface area is 145 Å². The summed E-state index contributed by atoms with van der Waals surface area (Å²) in [5.74, 6) is 0.563. The Balaban J connectivity index is 1.40. The number of benzene rings is 1. The van der Waals surface area contributed by atoms with Crippen molar-refractivity contribution in [1.82, 2.24) is 4.90 Å². The maximum atomic E-state index is 12.3. The average Bonchev–Trinajstić information content (AvgIpc) is 3.24. The van der Waals surface area contributed by atoms with Crippen LogP contribution in [0.5, 0.6) is 0 Å². The van der Waals surface area contributed by atoms with Crippen LogP contribution in [0, 0.1) is 11.3 Å². The van der Waals surface area contributed by atoms with Crippen LogP contribution in [-0.2, 0) is 15.3 Å². The first-order valence-electron chi connectivity index (χ1n) is 7.83. The van der Waals surface area contributed by atoms with Crippen LogP contribution >= 0.6 is 23.4 Å². The normalized spacial score (nSPS) is 22.1. The average molecular weight is 354 g/mol. The van der Waals surface area contributed by atoms with Gasteiger partial charge < -0.3 is 10.0 Å². The van der Waals surface area contributed by atoms with E-state index < -0.39 is 5.97 Å². The van der Waals surface area contributed by atoms with Gasteiger partial charge in [-0.3, -0.25) is 9.59 Å². The number of nitrogens with zero attached hydrogens (tertiary/aromatic N) is 1. The second-order valence-corrected chi connectivity index (χ2v) is 7.88. The highest BCUT2D eigenvalue weighted by molar-refractivity contribution is 7.99. The third-order valence-corrected chi connectivity index (χ3v) is 6.25. The number of hydrogen-bond acceptors (Lipinski definition) is 3. The molecule has 1 aromatic carbocycles. The zero-order valence-electron chi connectivity index (χ0n) is 12.8. The topological polar surface area (TPSA) is 57.6 Å². The van der Waals surface area contributed by atoms with Crippen molar-refractivity contribution < 1.29 is 14.7 Å². The van der Waals surface area contributed by atoms with Gasteiger partial charge in [0, 0.05) is 23.9 Å². The molecule has 1 N–H and O–H groups in total. The number of halogens is 1. The highest BCUT2D eigenvalue weighted by Crippen LogP contribution is 2.59. The molecule has 2 fully saturated rings. The summed E-state index contributed by atoms with van der Waals surface area (Å²) in [4.78, 5) is 25.2. The number of thioether (sulfide) groups is 1. The van der Waals surface area contributed by atoms with Crippen LogP contribution in [0.4, 0.5) is 0 Å². The van der Waals surface area contributed by atoms with Crippen molar-refractivity contribution in [2.75, 3.05) is 18.8 Å². The van der Waals surface area contributed by atoms with Crippen molar-refractivity contribution in [3.8, 4) is 0 Å². The second-order valence-electron chi connectivity index (χ2n) is 6.46. The molecule has 1 saturated heterocycles. The first-order chi connectivity index (χ1) is 11.0. The van der Waals surface area contributed by atoms with Gasteiger partial charge in [0.1, 0.15) is 0 Å². The van der Waals surface area contributed by atoms with Crippen molar-refractivity contribution in [3.63, 3.8) is 0 Å². The van der Waals surface area contributed by atoms with E-state index in [1.807, 2.05) is 29.2 Å². The van der Waals surface area contributed by atoms with E-state index in [-0.39, 0.29) is 17.2 Å². The van der Waals surface area contributed by atoms with E-state index in [4.69, 9.17) is 16.7 Å². The lowest BCUT2D eigenvalue weighted by Gasteiger charge is -2.32. The number of carbonyl (C=O) groups excluding carboxylic acids is 1. The summed E-state index contributed by atoms with van der Waals surface area (Å²) in [6, 6.07) is 7.67. The van der Waals surface area contributed by atoms with Crippen LogP contribution in [0.1, 0.15) is 24.8 Å². The summed E-state index contributed by atoms with van der Waals surface area (Å²) in [5.41, 5.74) is 1.14. The number of amides is 1. The van der Waals surface area contributed by atoms with Crippen molar-refractivity contribution in [1.29, 1.82) is 0 Å². The molecule has 1 saturated carbocycles. The number of carboxylic acids is 1. The number of carbonyl (C=O) groups is 2. The number of piperidine rings is 1. The molecule has 1 heterocycles. The van der Waals surface area contributed by atoms with Crippen LogP contribution in [0.3, 0.4) is 0 Å². The Morgan fingerprint density at radius 2 is 1.91 bits per heavy atom. The Kier molecular flexibility index (Phi) is 4.87. The third kappa shape index (κ3) is 3.83. The Bertz CT molecular complexity index is 596. The Morgan fingerprint density at radius 3 is 2.48 bits per heavy atom. The van der Waals surface area contributed by atoms with Crippen LogP contribution in [0.25, 0.3) is 0 Å². The van der Waals surface area contributed by atoms with Gasteiger partial charge in [-0.1, -0.05) is 23.7 Å². The quantitative estimate of drug-likeness (QED) is 0.882. The molecule has 1 spiro atoms. The van der Waals surface area contributed by atoms with Crippen molar-refractivity contribution in [2.45, 2.75) is 25.0 Å². The first-order valence-corrected chi connectivity index (χ1v) is 9.36. The number of likely N-dealkylation sites (tertiary alicyclic amines) is 1. The van der Waals surface area contributed by atoms with Crippen LogP contribution < -0.4 is 0 Å². The van der Waals surface area contributed by atoms with E-state index in [0.717, 1.165) is 35.6 Å². The van der Waals surface area contributed by atoms with E-state index in [9.17, 15) is 9.59 Å². The van der Waals surface area contributed by atoms with Crippen LogP contribution in [0.15, 0.2) is 24.3 Å². The van der Waals surface area contributed by atoms with Gasteiger partial charge >= 0.3 is 5.97 Å². The fourth-order valence-electron chi connectivity index (χ4n) is 3.38. The smallest absolute Gasteiger partial charge is 0.307 e. The number of rotatable bonds is 5. The highest BCUT2D eigenvalue weighted by atomic mass is 35.5. The summed E-state index contributed by atoms with van der Waals surface area (Å²) >= 11 is 7.46. The SMILES string of the molecule is O=C(O)C1CC12CCN(C(=O)CSCc1ccc(Cl)cc1)CC2. The standard InChI is InChI=1S/C17H20ClNO3S/c18-13-3-1-12(2-4-13)10-23-11-15(20)19-7-5-17(6-8-19)9-14(17)16(21)22/h1-4,14H,5-11H2,(H,21,22). The first kappa shape index (κ1) is 16.7. The summed E-state index contributed by atoms with van der Waals surface area (Å²) in [6.07, 6.45) is 2.45. The Hall–Kier alpha value is -1.20. The predicted octanol–water partition coefficient (Wildman–Crippen LogP) is 3.29. The minimum absolute atomic E-state index is 0.0148. The molecule has 2 aliphatic rings. The van der Waals surface area contributed by atoms with E-state index >= 15 is 0 Å². The largest absolute Gasteiger partial charge is 0.481 e. The van der Waals surface area contributed by atoms with Gasteiger partial charge in [-0.2, -0.15) is 0 Å². The third-order valence-electron chi connectivity index (χ3n) is 5.01. The molecule has 0 radical (unpaired) electrons. The lowest BCUT2D eigenvalue weighted by molar-refractivity contribution is -0.139. The maximum Gasteiger partial charge on any atom is 0.307 e. The fraction of sp³-hybridized carbons (Fsp3) is 0.529. The highest BCUT2D eigenvalue weighted by Gasteiger charge is 2.59. The van der Waals surface area contributed by atoms with E-state index in [0.29, 0.717) is 18.8 Å².